The van der Waals surface area contributed by atoms with E-state index in [-0.39, 0.29) is 0 Å². The van der Waals surface area contributed by atoms with Gasteiger partial charge in [-0.1, -0.05) is 30.3 Å². The zero-order chi connectivity index (χ0) is 13.9. The van der Waals surface area contributed by atoms with Gasteiger partial charge in [-0.3, -0.25) is 4.90 Å². The van der Waals surface area contributed by atoms with Gasteiger partial charge in [0.05, 0.1) is 6.04 Å². The molecule has 20 heavy (non-hydrogen) atoms. The first kappa shape index (κ1) is 13.1. The Morgan fingerprint density at radius 2 is 1.90 bits per heavy atom. The molecule has 3 rings (SSSR count). The van der Waals surface area contributed by atoms with Gasteiger partial charge in [-0.25, -0.2) is 9.97 Å². The summed E-state index contributed by atoms with van der Waals surface area (Å²) in [6.07, 6.45) is 1.84. The lowest BCUT2D eigenvalue weighted by Gasteiger charge is -2.39. The van der Waals surface area contributed by atoms with E-state index in [9.17, 15) is 0 Å². The van der Waals surface area contributed by atoms with Gasteiger partial charge in [0.1, 0.15) is 0 Å². The number of piperazine rings is 1. The highest BCUT2D eigenvalue weighted by molar-refractivity contribution is 5.33. The normalized spacial score (nSPS) is 20.1. The highest BCUT2D eigenvalue weighted by Crippen LogP contribution is 2.25. The van der Waals surface area contributed by atoms with E-state index in [1.54, 1.807) is 0 Å². The summed E-state index contributed by atoms with van der Waals surface area (Å²) in [4.78, 5) is 13.6. The lowest BCUT2D eigenvalue weighted by molar-refractivity contribution is 0.220. The molecule has 1 aromatic heterocycles. The van der Waals surface area contributed by atoms with Crippen LogP contribution in [0.1, 0.15) is 17.3 Å². The van der Waals surface area contributed by atoms with Crippen LogP contribution >= 0.6 is 0 Å². The van der Waals surface area contributed by atoms with Crippen molar-refractivity contribution in [2.45, 2.75) is 13.0 Å². The Bertz CT molecular complexity index is 570. The molecule has 0 spiro atoms. The number of aryl methyl sites for hydroxylation is 1. The standard InChI is InChI=1S/C16H20N4/c1-13-8-9-17-16(18-13)20-11-10-19(2)15(12-20)14-6-4-3-5-7-14/h3-9,15H,10-12H2,1-2H3/t15-/m0/s1. The van der Waals surface area contributed by atoms with Crippen LogP contribution in [0.25, 0.3) is 0 Å². The third-order valence-electron chi connectivity index (χ3n) is 3.90. The predicted molar refractivity (Wildman–Crippen MR) is 80.8 cm³/mol. The molecule has 0 bridgehead atoms. The summed E-state index contributed by atoms with van der Waals surface area (Å²) < 4.78 is 0. The fourth-order valence-corrected chi connectivity index (χ4v) is 2.68. The fourth-order valence-electron chi connectivity index (χ4n) is 2.68. The summed E-state index contributed by atoms with van der Waals surface area (Å²) in [7, 11) is 2.19. The minimum absolute atomic E-state index is 0.397. The van der Waals surface area contributed by atoms with Crippen molar-refractivity contribution in [3.05, 3.63) is 53.9 Å². The van der Waals surface area contributed by atoms with Crippen molar-refractivity contribution in [1.29, 1.82) is 0 Å². The fraction of sp³-hybridized carbons (Fsp3) is 0.375. The van der Waals surface area contributed by atoms with Crippen molar-refractivity contribution in [1.82, 2.24) is 14.9 Å². The summed E-state index contributed by atoms with van der Waals surface area (Å²) in [5.74, 6) is 0.846. The maximum absolute atomic E-state index is 4.55. The maximum Gasteiger partial charge on any atom is 0.225 e. The molecule has 1 aliphatic rings. The van der Waals surface area contributed by atoms with E-state index >= 15 is 0 Å². The van der Waals surface area contributed by atoms with Gasteiger partial charge in [-0.05, 0) is 25.6 Å². The maximum atomic E-state index is 4.55. The second-order valence-electron chi connectivity index (χ2n) is 5.35. The highest BCUT2D eigenvalue weighted by atomic mass is 15.3. The molecule has 2 heterocycles. The van der Waals surface area contributed by atoms with Crippen LogP contribution in [0, 0.1) is 6.92 Å². The van der Waals surface area contributed by atoms with Gasteiger partial charge in [0.15, 0.2) is 0 Å². The van der Waals surface area contributed by atoms with Crippen molar-refractivity contribution in [2.24, 2.45) is 0 Å². The third-order valence-corrected chi connectivity index (χ3v) is 3.90. The van der Waals surface area contributed by atoms with Gasteiger partial charge >= 0.3 is 0 Å². The van der Waals surface area contributed by atoms with Gasteiger partial charge in [-0.2, -0.15) is 0 Å². The average molecular weight is 268 g/mol. The molecule has 0 amide bonds. The summed E-state index contributed by atoms with van der Waals surface area (Å²) >= 11 is 0. The van der Waals surface area contributed by atoms with Crippen LogP contribution in [0.2, 0.25) is 0 Å². The van der Waals surface area contributed by atoms with Crippen molar-refractivity contribution >= 4 is 5.95 Å². The quantitative estimate of drug-likeness (QED) is 0.836. The SMILES string of the molecule is Cc1ccnc(N2CCN(C)[C@H](c3ccccc3)C2)n1. The van der Waals surface area contributed by atoms with Crippen molar-refractivity contribution in [3.63, 3.8) is 0 Å². The van der Waals surface area contributed by atoms with Crippen LogP contribution in [0.3, 0.4) is 0 Å². The number of hydrogen-bond donors (Lipinski definition) is 0. The molecular weight excluding hydrogens is 248 g/mol. The summed E-state index contributed by atoms with van der Waals surface area (Å²) in [6.45, 7) is 4.94. The van der Waals surface area contributed by atoms with E-state index in [1.807, 2.05) is 19.2 Å². The predicted octanol–water partition coefficient (Wildman–Crippen LogP) is 2.28. The monoisotopic (exact) mass is 268 g/mol. The van der Waals surface area contributed by atoms with E-state index in [4.69, 9.17) is 0 Å². The molecule has 1 fully saturated rings. The van der Waals surface area contributed by atoms with E-state index < -0.39 is 0 Å². The van der Waals surface area contributed by atoms with Gasteiger partial charge in [-0.15, -0.1) is 0 Å². The minimum atomic E-state index is 0.397. The molecule has 0 unspecified atom stereocenters. The molecule has 0 aliphatic carbocycles. The molecule has 2 aromatic rings. The number of benzene rings is 1. The average Bonchev–Trinajstić information content (AvgIpc) is 2.48. The summed E-state index contributed by atoms with van der Waals surface area (Å²) in [5, 5.41) is 0. The lowest BCUT2D eigenvalue weighted by Crippen LogP contribution is -2.47. The van der Waals surface area contributed by atoms with Crippen molar-refractivity contribution < 1.29 is 0 Å². The zero-order valence-electron chi connectivity index (χ0n) is 12.0. The Morgan fingerprint density at radius 3 is 2.65 bits per heavy atom. The Hall–Kier alpha value is -1.94. The number of nitrogens with zero attached hydrogens (tertiary/aromatic N) is 4. The number of anilines is 1. The van der Waals surface area contributed by atoms with E-state index in [0.29, 0.717) is 6.04 Å². The minimum Gasteiger partial charge on any atom is -0.338 e. The Morgan fingerprint density at radius 1 is 1.10 bits per heavy atom. The van der Waals surface area contributed by atoms with Crippen LogP contribution in [0.15, 0.2) is 42.6 Å². The van der Waals surface area contributed by atoms with Gasteiger partial charge in [0.2, 0.25) is 5.95 Å². The molecular formula is C16H20N4. The van der Waals surface area contributed by atoms with Crippen LogP contribution in [-0.2, 0) is 0 Å². The van der Waals surface area contributed by atoms with Crippen molar-refractivity contribution in [3.8, 4) is 0 Å². The first-order valence-electron chi connectivity index (χ1n) is 7.04. The number of hydrogen-bond acceptors (Lipinski definition) is 4. The molecule has 104 valence electrons. The number of likely N-dealkylation sites (N-methyl/N-ethyl adjacent to an activating group) is 1. The second-order valence-corrected chi connectivity index (χ2v) is 5.35. The van der Waals surface area contributed by atoms with Gasteiger partial charge in [0.25, 0.3) is 0 Å². The third kappa shape index (κ3) is 2.65. The molecule has 1 aromatic carbocycles. The number of aromatic nitrogens is 2. The second kappa shape index (κ2) is 5.59. The largest absolute Gasteiger partial charge is 0.338 e. The van der Waals surface area contributed by atoms with Crippen LogP contribution in [-0.4, -0.2) is 41.5 Å². The van der Waals surface area contributed by atoms with Gasteiger partial charge in [0, 0.05) is 31.5 Å². The molecule has 1 aliphatic heterocycles. The van der Waals surface area contributed by atoms with E-state index in [2.05, 4.69) is 57.1 Å². The molecule has 0 radical (unpaired) electrons. The van der Waals surface area contributed by atoms with E-state index in [1.165, 1.54) is 5.56 Å². The molecule has 4 nitrogen and oxygen atoms in total. The Kier molecular flexibility index (Phi) is 3.65. The molecule has 0 saturated carbocycles. The first-order valence-corrected chi connectivity index (χ1v) is 7.04. The lowest BCUT2D eigenvalue weighted by atomic mass is 10.0. The zero-order valence-corrected chi connectivity index (χ0v) is 12.0. The smallest absolute Gasteiger partial charge is 0.225 e. The Labute approximate surface area is 120 Å². The Balaban J connectivity index is 1.83. The summed E-state index contributed by atoms with van der Waals surface area (Å²) in [5.41, 5.74) is 2.37. The topological polar surface area (TPSA) is 32.3 Å². The highest BCUT2D eigenvalue weighted by Gasteiger charge is 2.26. The number of rotatable bonds is 2. The van der Waals surface area contributed by atoms with Gasteiger partial charge < -0.3 is 4.90 Å². The molecule has 1 saturated heterocycles. The molecule has 1 atom stereocenters. The van der Waals surface area contributed by atoms with Crippen molar-refractivity contribution in [2.75, 3.05) is 31.6 Å². The van der Waals surface area contributed by atoms with E-state index in [0.717, 1.165) is 31.3 Å². The van der Waals surface area contributed by atoms with Crippen LogP contribution < -0.4 is 4.90 Å². The summed E-state index contributed by atoms with van der Waals surface area (Å²) in [6, 6.07) is 13.0. The van der Waals surface area contributed by atoms with Crippen LogP contribution in [0.4, 0.5) is 5.95 Å². The first-order chi connectivity index (χ1) is 9.74. The molecule has 4 heteroatoms. The van der Waals surface area contributed by atoms with Crippen LogP contribution in [0.5, 0.6) is 0 Å². The molecule has 0 N–H and O–H groups in total.